The standard InChI is InChI=1S/C11H8N2.C3H6O2/c1-2-4-10-8(3-1)9-5-6-12-7-11(9)13-10;1-3(4)5-2/h1-7,13H;1-2H3. The molecule has 2 aromatic heterocycles. The molecular formula is C14H14N2O2. The van der Waals surface area contributed by atoms with E-state index in [0.29, 0.717) is 0 Å². The molecule has 1 aromatic carbocycles. The van der Waals surface area contributed by atoms with Crippen molar-refractivity contribution in [2.75, 3.05) is 7.11 Å². The van der Waals surface area contributed by atoms with Crippen molar-refractivity contribution in [2.24, 2.45) is 0 Å². The molecule has 0 radical (unpaired) electrons. The molecule has 0 amide bonds. The van der Waals surface area contributed by atoms with Crippen molar-refractivity contribution in [3.63, 3.8) is 0 Å². The summed E-state index contributed by atoms with van der Waals surface area (Å²) in [5, 5.41) is 2.51. The van der Waals surface area contributed by atoms with E-state index in [1.54, 1.807) is 0 Å². The van der Waals surface area contributed by atoms with E-state index in [-0.39, 0.29) is 5.97 Å². The number of carbonyl (C=O) groups is 1. The van der Waals surface area contributed by atoms with Crippen molar-refractivity contribution in [3.05, 3.63) is 42.7 Å². The predicted octanol–water partition coefficient (Wildman–Crippen LogP) is 2.90. The Morgan fingerprint density at radius 1 is 1.17 bits per heavy atom. The Labute approximate surface area is 105 Å². The zero-order valence-corrected chi connectivity index (χ0v) is 10.3. The fourth-order valence-electron chi connectivity index (χ4n) is 1.70. The number of ether oxygens (including phenoxy) is 1. The fourth-order valence-corrected chi connectivity index (χ4v) is 1.70. The Hall–Kier alpha value is -2.36. The number of aromatic nitrogens is 2. The van der Waals surface area contributed by atoms with Gasteiger partial charge in [-0.05, 0) is 12.1 Å². The highest BCUT2D eigenvalue weighted by Gasteiger charge is 2.00. The van der Waals surface area contributed by atoms with Crippen LogP contribution in [0.1, 0.15) is 6.92 Å². The van der Waals surface area contributed by atoms with Crippen LogP contribution in [-0.2, 0) is 9.53 Å². The molecule has 4 heteroatoms. The normalized spacial score (nSPS) is 9.89. The molecular weight excluding hydrogens is 228 g/mol. The molecule has 0 atom stereocenters. The Balaban J connectivity index is 0.000000209. The van der Waals surface area contributed by atoms with E-state index < -0.39 is 0 Å². The first kappa shape index (κ1) is 12.1. The first-order valence-electron chi connectivity index (χ1n) is 5.57. The summed E-state index contributed by atoms with van der Waals surface area (Å²) in [6.45, 7) is 1.36. The largest absolute Gasteiger partial charge is 0.469 e. The average molecular weight is 242 g/mol. The summed E-state index contributed by atoms with van der Waals surface area (Å²) in [6, 6.07) is 10.3. The maximum atomic E-state index is 9.59. The Bertz CT molecular complexity index is 623. The van der Waals surface area contributed by atoms with Crippen molar-refractivity contribution in [3.8, 4) is 0 Å². The highest BCUT2D eigenvalue weighted by molar-refractivity contribution is 6.06. The number of esters is 1. The highest BCUT2D eigenvalue weighted by atomic mass is 16.5. The van der Waals surface area contributed by atoms with Gasteiger partial charge in [0.05, 0.1) is 18.8 Å². The van der Waals surface area contributed by atoms with Crippen molar-refractivity contribution < 1.29 is 9.53 Å². The second-order valence-electron chi connectivity index (χ2n) is 3.79. The van der Waals surface area contributed by atoms with Crippen LogP contribution < -0.4 is 0 Å². The summed E-state index contributed by atoms with van der Waals surface area (Å²) < 4.78 is 4.11. The topological polar surface area (TPSA) is 55.0 Å². The van der Waals surface area contributed by atoms with Gasteiger partial charge in [-0.15, -0.1) is 0 Å². The van der Waals surface area contributed by atoms with Crippen LogP contribution in [0.4, 0.5) is 0 Å². The number of fused-ring (bicyclic) bond motifs is 3. The van der Waals surface area contributed by atoms with E-state index >= 15 is 0 Å². The zero-order chi connectivity index (χ0) is 13.0. The molecule has 0 saturated carbocycles. The molecule has 0 aliphatic heterocycles. The van der Waals surface area contributed by atoms with Gasteiger partial charge in [-0.3, -0.25) is 9.78 Å². The Morgan fingerprint density at radius 3 is 2.56 bits per heavy atom. The van der Waals surface area contributed by atoms with Crippen molar-refractivity contribution in [2.45, 2.75) is 6.92 Å². The molecule has 0 unspecified atom stereocenters. The van der Waals surface area contributed by atoms with Gasteiger partial charge in [0.15, 0.2) is 0 Å². The average Bonchev–Trinajstić information content (AvgIpc) is 2.78. The van der Waals surface area contributed by atoms with Crippen LogP contribution in [0.25, 0.3) is 21.8 Å². The van der Waals surface area contributed by atoms with E-state index in [0.717, 1.165) is 5.52 Å². The van der Waals surface area contributed by atoms with Crippen molar-refractivity contribution >= 4 is 27.8 Å². The second-order valence-corrected chi connectivity index (χ2v) is 3.79. The summed E-state index contributed by atoms with van der Waals surface area (Å²) in [5.74, 6) is -0.245. The summed E-state index contributed by atoms with van der Waals surface area (Å²) >= 11 is 0. The molecule has 3 rings (SSSR count). The first-order valence-corrected chi connectivity index (χ1v) is 5.57. The third-order valence-corrected chi connectivity index (χ3v) is 2.60. The zero-order valence-electron chi connectivity index (χ0n) is 10.3. The lowest BCUT2D eigenvalue weighted by molar-refractivity contribution is -0.137. The van der Waals surface area contributed by atoms with Gasteiger partial charge in [0.25, 0.3) is 0 Å². The number of benzene rings is 1. The molecule has 0 bridgehead atoms. The highest BCUT2D eigenvalue weighted by Crippen LogP contribution is 2.23. The number of carbonyl (C=O) groups excluding carboxylic acids is 1. The summed E-state index contributed by atoms with van der Waals surface area (Å²) in [6.07, 6.45) is 3.68. The number of para-hydroxylation sites is 1. The molecule has 0 fully saturated rings. The van der Waals surface area contributed by atoms with Crippen LogP contribution >= 0.6 is 0 Å². The van der Waals surface area contributed by atoms with E-state index in [4.69, 9.17) is 0 Å². The van der Waals surface area contributed by atoms with Crippen LogP contribution in [0.2, 0.25) is 0 Å². The van der Waals surface area contributed by atoms with E-state index in [9.17, 15) is 4.79 Å². The lowest BCUT2D eigenvalue weighted by atomic mass is 10.2. The number of nitrogens with zero attached hydrogens (tertiary/aromatic N) is 1. The lowest BCUT2D eigenvalue weighted by Gasteiger charge is -1.87. The quantitative estimate of drug-likeness (QED) is 0.617. The monoisotopic (exact) mass is 242 g/mol. The Kier molecular flexibility index (Phi) is 3.57. The van der Waals surface area contributed by atoms with E-state index in [1.807, 2.05) is 24.5 Å². The summed E-state index contributed by atoms with van der Waals surface area (Å²) in [4.78, 5) is 17.0. The molecule has 18 heavy (non-hydrogen) atoms. The number of hydrogen-bond acceptors (Lipinski definition) is 3. The van der Waals surface area contributed by atoms with Gasteiger partial charge < -0.3 is 9.72 Å². The summed E-state index contributed by atoms with van der Waals surface area (Å²) in [7, 11) is 1.35. The SMILES string of the molecule is COC(C)=O.c1ccc2c(c1)[nH]c1cnccc12. The smallest absolute Gasteiger partial charge is 0.302 e. The minimum Gasteiger partial charge on any atom is -0.469 e. The van der Waals surface area contributed by atoms with Gasteiger partial charge in [0.2, 0.25) is 0 Å². The lowest BCUT2D eigenvalue weighted by Crippen LogP contribution is -1.88. The molecule has 3 aromatic rings. The van der Waals surface area contributed by atoms with E-state index in [1.165, 1.54) is 30.3 Å². The minimum atomic E-state index is -0.245. The molecule has 0 spiro atoms. The number of hydrogen-bond donors (Lipinski definition) is 1. The van der Waals surface area contributed by atoms with Gasteiger partial charge in [-0.25, -0.2) is 0 Å². The molecule has 4 nitrogen and oxygen atoms in total. The first-order chi connectivity index (χ1) is 8.72. The molecule has 0 saturated heterocycles. The van der Waals surface area contributed by atoms with E-state index in [2.05, 4.69) is 32.9 Å². The molecule has 0 aliphatic rings. The molecule has 1 N–H and O–H groups in total. The van der Waals surface area contributed by atoms with Gasteiger partial charge in [-0.2, -0.15) is 0 Å². The van der Waals surface area contributed by atoms with Gasteiger partial charge in [-0.1, -0.05) is 18.2 Å². The predicted molar refractivity (Wildman–Crippen MR) is 71.3 cm³/mol. The van der Waals surface area contributed by atoms with Crippen LogP contribution in [0, 0.1) is 0 Å². The van der Waals surface area contributed by atoms with Crippen LogP contribution in [0.3, 0.4) is 0 Å². The Morgan fingerprint density at radius 2 is 1.83 bits per heavy atom. The van der Waals surface area contributed by atoms with Gasteiger partial charge >= 0.3 is 5.97 Å². The maximum Gasteiger partial charge on any atom is 0.302 e. The number of aromatic amines is 1. The number of pyridine rings is 1. The fraction of sp³-hybridized carbons (Fsp3) is 0.143. The van der Waals surface area contributed by atoms with Crippen molar-refractivity contribution in [1.82, 2.24) is 9.97 Å². The minimum absolute atomic E-state index is 0.245. The third-order valence-electron chi connectivity index (χ3n) is 2.60. The van der Waals surface area contributed by atoms with Crippen LogP contribution in [0.5, 0.6) is 0 Å². The third kappa shape index (κ3) is 2.48. The second kappa shape index (κ2) is 5.31. The van der Waals surface area contributed by atoms with Crippen LogP contribution in [-0.4, -0.2) is 23.0 Å². The summed E-state index contributed by atoms with van der Waals surface area (Å²) in [5.41, 5.74) is 2.27. The molecule has 2 heterocycles. The number of rotatable bonds is 0. The number of methoxy groups -OCH3 is 1. The molecule has 92 valence electrons. The van der Waals surface area contributed by atoms with Crippen molar-refractivity contribution in [1.29, 1.82) is 0 Å². The molecule has 0 aliphatic carbocycles. The maximum absolute atomic E-state index is 9.59. The number of H-pyrrole nitrogens is 1. The number of nitrogens with one attached hydrogen (secondary N) is 1. The van der Waals surface area contributed by atoms with Crippen LogP contribution in [0.15, 0.2) is 42.7 Å². The van der Waals surface area contributed by atoms with Gasteiger partial charge in [0, 0.05) is 29.4 Å². The van der Waals surface area contributed by atoms with Gasteiger partial charge in [0.1, 0.15) is 0 Å².